The summed E-state index contributed by atoms with van der Waals surface area (Å²) >= 11 is 5.78. The highest BCUT2D eigenvalue weighted by Gasteiger charge is 2.22. The number of benzene rings is 2. The second-order valence-corrected chi connectivity index (χ2v) is 5.05. The number of methoxy groups -OCH3 is 1. The van der Waals surface area contributed by atoms with Crippen LogP contribution >= 0.6 is 11.6 Å². The lowest BCUT2D eigenvalue weighted by atomic mass is 10.0. The van der Waals surface area contributed by atoms with Crippen molar-refractivity contribution in [3.63, 3.8) is 0 Å². The third kappa shape index (κ3) is 4.14. The maximum absolute atomic E-state index is 12.5. The van der Waals surface area contributed by atoms with Crippen molar-refractivity contribution in [3.8, 4) is 0 Å². The number of hydrogen-bond acceptors (Lipinski definition) is 4. The first-order valence-corrected chi connectivity index (χ1v) is 7.10. The monoisotopic (exact) mass is 328 g/mol. The molecule has 0 fully saturated rings. The zero-order valence-corrected chi connectivity index (χ0v) is 13.0. The van der Waals surface area contributed by atoms with Gasteiger partial charge in [0.15, 0.2) is 11.6 Å². The average Bonchev–Trinajstić information content (AvgIpc) is 2.59. The van der Waals surface area contributed by atoms with Gasteiger partial charge in [-0.3, -0.25) is 9.59 Å². The van der Waals surface area contributed by atoms with Gasteiger partial charge in [-0.15, -0.1) is 0 Å². The zero-order valence-electron chi connectivity index (χ0n) is 12.3. The summed E-state index contributed by atoms with van der Waals surface area (Å²) in [6.07, 6.45) is 0.998. The van der Waals surface area contributed by atoms with Crippen molar-refractivity contribution in [1.29, 1.82) is 0 Å². The Hall–Kier alpha value is -2.72. The van der Waals surface area contributed by atoms with Crippen molar-refractivity contribution < 1.29 is 19.1 Å². The van der Waals surface area contributed by atoms with Crippen LogP contribution in [0.3, 0.4) is 0 Å². The second-order valence-electron chi connectivity index (χ2n) is 4.62. The Morgan fingerprint density at radius 3 is 2.09 bits per heavy atom. The number of Topliss-reactive ketones (excluding diaryl/α,β-unsaturated/α-hetero) is 1. The standard InChI is InChI=1S/C18H13ClO4/c1-23-18(22)15(11-16(20)12-5-3-2-4-6-12)17(21)13-7-9-14(19)10-8-13/h2-11H,1H3/b15-11+. The van der Waals surface area contributed by atoms with Gasteiger partial charge in [-0.1, -0.05) is 41.9 Å². The van der Waals surface area contributed by atoms with E-state index in [-0.39, 0.29) is 11.1 Å². The lowest BCUT2D eigenvalue weighted by Crippen LogP contribution is -2.16. The number of ketones is 2. The van der Waals surface area contributed by atoms with Crippen LogP contribution in [0.5, 0.6) is 0 Å². The van der Waals surface area contributed by atoms with Gasteiger partial charge in [-0.25, -0.2) is 4.79 Å². The molecule has 0 aliphatic carbocycles. The molecule has 0 radical (unpaired) electrons. The van der Waals surface area contributed by atoms with Crippen LogP contribution < -0.4 is 0 Å². The summed E-state index contributed by atoms with van der Waals surface area (Å²) < 4.78 is 4.61. The third-order valence-electron chi connectivity index (χ3n) is 3.09. The van der Waals surface area contributed by atoms with Crippen LogP contribution in [-0.2, 0) is 9.53 Å². The van der Waals surface area contributed by atoms with Gasteiger partial charge in [0, 0.05) is 22.2 Å². The molecule has 23 heavy (non-hydrogen) atoms. The van der Waals surface area contributed by atoms with Crippen LogP contribution in [0.25, 0.3) is 0 Å². The number of esters is 1. The van der Waals surface area contributed by atoms with Crippen molar-refractivity contribution in [3.05, 3.63) is 82.4 Å². The van der Waals surface area contributed by atoms with E-state index in [1.165, 1.54) is 24.3 Å². The minimum absolute atomic E-state index is 0.243. The molecule has 0 N–H and O–H groups in total. The molecule has 2 aromatic rings. The molecule has 0 aliphatic heterocycles. The fourth-order valence-electron chi connectivity index (χ4n) is 1.90. The summed E-state index contributed by atoms with van der Waals surface area (Å²) in [5.74, 6) is -1.92. The highest BCUT2D eigenvalue weighted by Crippen LogP contribution is 2.15. The van der Waals surface area contributed by atoms with E-state index in [0.717, 1.165) is 13.2 Å². The molecule has 0 saturated carbocycles. The fraction of sp³-hybridized carbons (Fsp3) is 0.0556. The molecule has 2 aromatic carbocycles. The van der Waals surface area contributed by atoms with Crippen LogP contribution in [0.4, 0.5) is 0 Å². The van der Waals surface area contributed by atoms with Crippen molar-refractivity contribution in [2.45, 2.75) is 0 Å². The Morgan fingerprint density at radius 2 is 1.52 bits per heavy atom. The van der Waals surface area contributed by atoms with Gasteiger partial charge in [0.25, 0.3) is 0 Å². The SMILES string of the molecule is COC(=O)/C(=C/C(=O)c1ccccc1)C(=O)c1ccc(Cl)cc1. The quantitative estimate of drug-likeness (QED) is 0.277. The van der Waals surface area contributed by atoms with Crippen molar-refractivity contribution >= 4 is 29.1 Å². The molecule has 4 nitrogen and oxygen atoms in total. The Kier molecular flexibility index (Phi) is 5.44. The Labute approximate surface area is 138 Å². The summed E-state index contributed by atoms with van der Waals surface area (Å²) in [4.78, 5) is 36.5. The summed E-state index contributed by atoms with van der Waals surface area (Å²) in [6.45, 7) is 0. The van der Waals surface area contributed by atoms with Gasteiger partial charge in [-0.2, -0.15) is 0 Å². The molecular weight excluding hydrogens is 316 g/mol. The highest BCUT2D eigenvalue weighted by molar-refractivity contribution is 6.31. The predicted octanol–water partition coefficient (Wildman–Crippen LogP) is 3.51. The maximum atomic E-state index is 12.5. The molecule has 0 aromatic heterocycles. The Morgan fingerprint density at radius 1 is 0.913 bits per heavy atom. The van der Waals surface area contributed by atoms with E-state index in [1.54, 1.807) is 30.3 Å². The van der Waals surface area contributed by atoms with E-state index < -0.39 is 17.5 Å². The van der Waals surface area contributed by atoms with Crippen molar-refractivity contribution in [1.82, 2.24) is 0 Å². The van der Waals surface area contributed by atoms with Gasteiger partial charge >= 0.3 is 5.97 Å². The Balaban J connectivity index is 2.39. The molecular formula is C18H13ClO4. The summed E-state index contributed by atoms with van der Waals surface area (Å²) in [5, 5.41) is 0.463. The molecule has 2 rings (SSSR count). The van der Waals surface area contributed by atoms with Crippen LogP contribution in [-0.4, -0.2) is 24.6 Å². The third-order valence-corrected chi connectivity index (χ3v) is 3.34. The normalized spacial score (nSPS) is 11.0. The minimum atomic E-state index is -0.866. The number of allylic oxidation sites excluding steroid dienone is 1. The van der Waals surface area contributed by atoms with Crippen LogP contribution in [0.2, 0.25) is 5.02 Å². The van der Waals surface area contributed by atoms with Gasteiger partial charge in [-0.05, 0) is 24.3 Å². The number of hydrogen-bond donors (Lipinski definition) is 0. The molecule has 0 heterocycles. The Bertz CT molecular complexity index is 761. The van der Waals surface area contributed by atoms with E-state index in [9.17, 15) is 14.4 Å². The molecule has 116 valence electrons. The van der Waals surface area contributed by atoms with E-state index in [2.05, 4.69) is 4.74 Å². The van der Waals surface area contributed by atoms with E-state index in [0.29, 0.717) is 10.6 Å². The largest absolute Gasteiger partial charge is 0.465 e. The molecule has 0 unspecified atom stereocenters. The summed E-state index contributed by atoms with van der Waals surface area (Å²) in [5.41, 5.74) is 0.286. The van der Waals surface area contributed by atoms with Crippen LogP contribution in [0, 0.1) is 0 Å². The minimum Gasteiger partial charge on any atom is -0.465 e. The summed E-state index contributed by atoms with van der Waals surface area (Å²) in [7, 11) is 1.15. The smallest absolute Gasteiger partial charge is 0.342 e. The van der Waals surface area contributed by atoms with E-state index in [1.807, 2.05) is 0 Å². The van der Waals surface area contributed by atoms with Gasteiger partial charge < -0.3 is 4.74 Å². The molecule has 0 atom stereocenters. The van der Waals surface area contributed by atoms with Crippen LogP contribution in [0.1, 0.15) is 20.7 Å². The average molecular weight is 329 g/mol. The summed E-state index contributed by atoms with van der Waals surface area (Å²) in [6, 6.07) is 14.4. The second kappa shape index (κ2) is 7.51. The van der Waals surface area contributed by atoms with E-state index >= 15 is 0 Å². The number of carbonyl (C=O) groups excluding carboxylic acids is 3. The molecule has 0 saturated heterocycles. The molecule has 5 heteroatoms. The van der Waals surface area contributed by atoms with Crippen molar-refractivity contribution in [2.75, 3.05) is 7.11 Å². The topological polar surface area (TPSA) is 60.4 Å². The predicted molar refractivity (Wildman–Crippen MR) is 86.7 cm³/mol. The molecule has 0 bridgehead atoms. The first-order chi connectivity index (χ1) is 11.0. The maximum Gasteiger partial charge on any atom is 0.342 e. The number of rotatable bonds is 5. The first kappa shape index (κ1) is 16.6. The number of ether oxygens (including phenoxy) is 1. The number of carbonyl (C=O) groups is 3. The van der Waals surface area contributed by atoms with Crippen LogP contribution in [0.15, 0.2) is 66.2 Å². The molecule has 0 spiro atoms. The van der Waals surface area contributed by atoms with Crippen molar-refractivity contribution in [2.24, 2.45) is 0 Å². The van der Waals surface area contributed by atoms with E-state index in [4.69, 9.17) is 11.6 Å². The lowest BCUT2D eigenvalue weighted by molar-refractivity contribution is -0.135. The lowest BCUT2D eigenvalue weighted by Gasteiger charge is -2.05. The number of halogens is 1. The zero-order chi connectivity index (χ0) is 16.8. The molecule has 0 aliphatic rings. The fourth-order valence-corrected chi connectivity index (χ4v) is 2.03. The molecule has 0 amide bonds. The highest BCUT2D eigenvalue weighted by atomic mass is 35.5. The van der Waals surface area contributed by atoms with Gasteiger partial charge in [0.05, 0.1) is 7.11 Å². The first-order valence-electron chi connectivity index (χ1n) is 6.72. The van der Waals surface area contributed by atoms with Gasteiger partial charge in [0.2, 0.25) is 0 Å². The van der Waals surface area contributed by atoms with Gasteiger partial charge in [0.1, 0.15) is 5.57 Å².